The summed E-state index contributed by atoms with van der Waals surface area (Å²) in [5.74, 6) is 0. The van der Waals surface area contributed by atoms with Gasteiger partial charge in [-0.2, -0.15) is 4.40 Å². The molecule has 0 aliphatic heterocycles. The van der Waals surface area contributed by atoms with Gasteiger partial charge in [0.25, 0.3) is 5.65 Å². The maximum atomic E-state index is 13.5. The summed E-state index contributed by atoms with van der Waals surface area (Å²) in [5, 5.41) is 1.54. The number of aromatic nitrogens is 4. The van der Waals surface area contributed by atoms with Crippen LogP contribution in [0.25, 0.3) is 27.7 Å². The van der Waals surface area contributed by atoms with Crippen molar-refractivity contribution in [3.05, 3.63) is 100.0 Å². The maximum absolute atomic E-state index is 13.5. The lowest BCUT2D eigenvalue weighted by atomic mass is 10.0. The molecule has 6 heteroatoms. The fourth-order valence-corrected chi connectivity index (χ4v) is 4.21. The van der Waals surface area contributed by atoms with E-state index in [2.05, 4.69) is 33.2 Å². The Labute approximate surface area is 178 Å². The standard InChI is InChI=1S/C24H20ClN4O/c1-16-23(18-7-3-4-8-20(18)27(16)2)19-15-28(14-17-10-11-21(25)26-13-17)22-9-5-6-12-29(22)24(19)30/h3-13,15H,14H2,1-2H3/q+1. The second-order valence-electron chi connectivity index (χ2n) is 7.43. The molecular formula is C24H20ClN4O+. The number of fused-ring (bicyclic) bond motifs is 2. The molecule has 0 atom stereocenters. The van der Waals surface area contributed by atoms with E-state index in [1.54, 1.807) is 16.7 Å². The zero-order valence-electron chi connectivity index (χ0n) is 16.7. The van der Waals surface area contributed by atoms with Crippen molar-refractivity contribution in [3.8, 4) is 11.1 Å². The molecule has 0 saturated heterocycles. The maximum Gasteiger partial charge on any atom is 0.350 e. The van der Waals surface area contributed by atoms with Gasteiger partial charge in [-0.25, -0.2) is 14.3 Å². The summed E-state index contributed by atoms with van der Waals surface area (Å²) in [6.45, 7) is 2.64. The fourth-order valence-electron chi connectivity index (χ4n) is 4.10. The van der Waals surface area contributed by atoms with Gasteiger partial charge in [-0.15, -0.1) is 0 Å². The van der Waals surface area contributed by atoms with E-state index >= 15 is 0 Å². The van der Waals surface area contributed by atoms with E-state index in [1.807, 2.05) is 55.8 Å². The van der Waals surface area contributed by atoms with Crippen molar-refractivity contribution in [2.75, 3.05) is 0 Å². The third kappa shape index (κ3) is 2.90. The Morgan fingerprint density at radius 1 is 1.07 bits per heavy atom. The fraction of sp³-hybridized carbons (Fsp3) is 0.125. The molecule has 0 unspecified atom stereocenters. The van der Waals surface area contributed by atoms with Gasteiger partial charge >= 0.3 is 5.56 Å². The van der Waals surface area contributed by atoms with Crippen molar-refractivity contribution in [2.24, 2.45) is 7.05 Å². The van der Waals surface area contributed by atoms with Crippen molar-refractivity contribution >= 4 is 28.2 Å². The predicted octanol–water partition coefficient (Wildman–Crippen LogP) is 4.15. The molecule has 0 spiro atoms. The van der Waals surface area contributed by atoms with E-state index in [4.69, 9.17) is 11.6 Å². The van der Waals surface area contributed by atoms with Crippen molar-refractivity contribution in [1.29, 1.82) is 0 Å². The molecule has 4 aromatic heterocycles. The summed E-state index contributed by atoms with van der Waals surface area (Å²) >= 11 is 5.95. The molecule has 0 aliphatic carbocycles. The smallest absolute Gasteiger partial charge is 0.347 e. The van der Waals surface area contributed by atoms with Crippen LogP contribution in [0.5, 0.6) is 0 Å². The highest BCUT2D eigenvalue weighted by Gasteiger charge is 2.22. The molecule has 5 rings (SSSR count). The van der Waals surface area contributed by atoms with Crippen molar-refractivity contribution in [3.63, 3.8) is 0 Å². The van der Waals surface area contributed by atoms with Gasteiger partial charge in [0, 0.05) is 47.0 Å². The highest BCUT2D eigenvalue weighted by molar-refractivity contribution is 6.29. The molecule has 4 heterocycles. The average molecular weight is 416 g/mol. The molecule has 5 nitrogen and oxygen atoms in total. The minimum absolute atomic E-state index is 0.0319. The first-order chi connectivity index (χ1) is 14.5. The molecule has 5 aromatic rings. The summed E-state index contributed by atoms with van der Waals surface area (Å²) in [4.78, 5) is 17.7. The number of aryl methyl sites for hydroxylation is 1. The minimum Gasteiger partial charge on any atom is -0.347 e. The van der Waals surface area contributed by atoms with Crippen LogP contribution in [-0.2, 0) is 13.6 Å². The largest absolute Gasteiger partial charge is 0.350 e. The molecule has 0 N–H and O–H groups in total. The summed E-state index contributed by atoms with van der Waals surface area (Å²) in [5.41, 5.74) is 5.61. The van der Waals surface area contributed by atoms with E-state index in [0.717, 1.165) is 33.4 Å². The van der Waals surface area contributed by atoms with Gasteiger partial charge < -0.3 is 4.57 Å². The first-order valence-electron chi connectivity index (χ1n) is 9.73. The third-order valence-electron chi connectivity index (χ3n) is 5.68. The topological polar surface area (TPSA) is 43.2 Å². The molecule has 0 saturated carbocycles. The second-order valence-corrected chi connectivity index (χ2v) is 7.82. The van der Waals surface area contributed by atoms with E-state index in [0.29, 0.717) is 17.3 Å². The first-order valence-corrected chi connectivity index (χ1v) is 10.1. The Bertz CT molecular complexity index is 1470. The lowest BCUT2D eigenvalue weighted by Gasteiger charge is -2.08. The molecule has 0 amide bonds. The van der Waals surface area contributed by atoms with Crippen LogP contribution >= 0.6 is 11.6 Å². The van der Waals surface area contributed by atoms with Crippen LogP contribution in [0.4, 0.5) is 0 Å². The first kappa shape index (κ1) is 18.6. The van der Waals surface area contributed by atoms with E-state index in [-0.39, 0.29) is 5.56 Å². The van der Waals surface area contributed by atoms with E-state index < -0.39 is 0 Å². The number of pyridine rings is 2. The Morgan fingerprint density at radius 2 is 1.87 bits per heavy atom. The predicted molar refractivity (Wildman–Crippen MR) is 119 cm³/mol. The Kier molecular flexibility index (Phi) is 4.40. The average Bonchev–Trinajstić information content (AvgIpc) is 3.02. The lowest BCUT2D eigenvalue weighted by Crippen LogP contribution is -2.40. The third-order valence-corrected chi connectivity index (χ3v) is 5.90. The van der Waals surface area contributed by atoms with Crippen LogP contribution in [0.15, 0.2) is 78.0 Å². The normalized spacial score (nSPS) is 11.4. The van der Waals surface area contributed by atoms with Gasteiger partial charge in [0.15, 0.2) is 0 Å². The van der Waals surface area contributed by atoms with Crippen LogP contribution < -0.4 is 10.1 Å². The molecule has 1 aromatic carbocycles. The molecule has 148 valence electrons. The summed E-state index contributed by atoms with van der Waals surface area (Å²) in [6, 6.07) is 17.7. The van der Waals surface area contributed by atoms with Gasteiger partial charge in [-0.1, -0.05) is 41.9 Å². The summed E-state index contributed by atoms with van der Waals surface area (Å²) < 4.78 is 5.93. The van der Waals surface area contributed by atoms with Crippen molar-refractivity contribution in [1.82, 2.24) is 14.0 Å². The van der Waals surface area contributed by atoms with Gasteiger partial charge in [0.2, 0.25) is 0 Å². The number of nitrogens with zero attached hydrogens (tertiary/aromatic N) is 4. The Morgan fingerprint density at radius 3 is 2.67 bits per heavy atom. The quantitative estimate of drug-likeness (QED) is 0.328. The highest BCUT2D eigenvalue weighted by Crippen LogP contribution is 2.31. The summed E-state index contributed by atoms with van der Waals surface area (Å²) in [6.07, 6.45) is 5.54. The number of rotatable bonds is 3. The van der Waals surface area contributed by atoms with Gasteiger partial charge in [0.1, 0.15) is 23.5 Å². The molecule has 0 aliphatic rings. The zero-order valence-corrected chi connectivity index (χ0v) is 17.5. The molecule has 0 radical (unpaired) electrons. The number of hydrogen-bond acceptors (Lipinski definition) is 2. The van der Waals surface area contributed by atoms with Crippen LogP contribution in [0.1, 0.15) is 11.3 Å². The molecule has 0 fully saturated rings. The van der Waals surface area contributed by atoms with Crippen molar-refractivity contribution in [2.45, 2.75) is 13.5 Å². The zero-order chi connectivity index (χ0) is 20.8. The lowest BCUT2D eigenvalue weighted by molar-refractivity contribution is -0.665. The molecule has 30 heavy (non-hydrogen) atoms. The van der Waals surface area contributed by atoms with Gasteiger partial charge in [-0.05, 0) is 25.1 Å². The Hall–Kier alpha value is -3.44. The van der Waals surface area contributed by atoms with Crippen LogP contribution in [0.3, 0.4) is 0 Å². The number of para-hydroxylation sites is 1. The summed E-state index contributed by atoms with van der Waals surface area (Å²) in [7, 11) is 2.03. The molecular weight excluding hydrogens is 396 g/mol. The van der Waals surface area contributed by atoms with Crippen molar-refractivity contribution < 1.29 is 4.57 Å². The van der Waals surface area contributed by atoms with Crippen LogP contribution in [0.2, 0.25) is 5.15 Å². The highest BCUT2D eigenvalue weighted by atomic mass is 35.5. The van der Waals surface area contributed by atoms with Crippen LogP contribution in [-0.4, -0.2) is 14.0 Å². The van der Waals surface area contributed by atoms with Gasteiger partial charge in [0.05, 0.1) is 6.20 Å². The monoisotopic (exact) mass is 415 g/mol. The molecule has 0 bridgehead atoms. The number of halogens is 1. The Balaban J connectivity index is 1.80. The minimum atomic E-state index is -0.0319. The number of hydrogen-bond donors (Lipinski definition) is 0. The van der Waals surface area contributed by atoms with Crippen LogP contribution in [0, 0.1) is 6.92 Å². The van der Waals surface area contributed by atoms with E-state index in [9.17, 15) is 4.79 Å². The van der Waals surface area contributed by atoms with Gasteiger partial charge in [-0.3, -0.25) is 0 Å². The SMILES string of the molecule is Cc1c(-c2c[n+](Cc3ccc(Cl)nc3)c3ccccn3c2=O)c2ccccc2n1C. The second kappa shape index (κ2) is 7.11. The number of benzene rings is 1. The van der Waals surface area contributed by atoms with E-state index in [1.165, 1.54) is 0 Å².